The van der Waals surface area contributed by atoms with Crippen LogP contribution in [0.15, 0.2) is 40.9 Å². The Kier molecular flexibility index (Phi) is 4.63. The molecule has 2 rings (SSSR count). The molecule has 0 aromatic heterocycles. The third kappa shape index (κ3) is 3.61. The molecule has 0 aliphatic heterocycles. The second-order valence-electron chi connectivity index (χ2n) is 5.15. The van der Waals surface area contributed by atoms with Crippen LogP contribution < -0.4 is 5.32 Å². The van der Waals surface area contributed by atoms with Gasteiger partial charge in [0, 0.05) is 27.8 Å². The smallest absolute Gasteiger partial charge is 0.272 e. The number of anilines is 1. The molecule has 2 aromatic carbocycles. The molecule has 0 saturated heterocycles. The van der Waals surface area contributed by atoms with E-state index < -0.39 is 0 Å². The molecule has 1 atom stereocenters. The van der Waals surface area contributed by atoms with E-state index in [-0.39, 0.29) is 16.7 Å². The van der Waals surface area contributed by atoms with Crippen molar-refractivity contribution >= 4 is 27.3 Å². The van der Waals surface area contributed by atoms with E-state index in [9.17, 15) is 10.1 Å². The van der Waals surface area contributed by atoms with Crippen molar-refractivity contribution in [3.05, 3.63) is 67.7 Å². The molecule has 21 heavy (non-hydrogen) atoms. The minimum absolute atomic E-state index is 0.0256. The van der Waals surface area contributed by atoms with Gasteiger partial charge in [0.25, 0.3) is 5.69 Å². The molecule has 0 fully saturated rings. The summed E-state index contributed by atoms with van der Waals surface area (Å²) in [6.45, 7) is 5.76. The number of nitrogens with zero attached hydrogens (tertiary/aromatic N) is 1. The molecule has 0 spiro atoms. The zero-order valence-corrected chi connectivity index (χ0v) is 13.8. The first-order valence-electron chi connectivity index (χ1n) is 6.66. The van der Waals surface area contributed by atoms with Gasteiger partial charge >= 0.3 is 0 Å². The Hall–Kier alpha value is -1.88. The number of nitrogens with one attached hydrogen (secondary N) is 1. The van der Waals surface area contributed by atoms with E-state index >= 15 is 0 Å². The van der Waals surface area contributed by atoms with E-state index in [0.29, 0.717) is 5.56 Å². The lowest BCUT2D eigenvalue weighted by Gasteiger charge is -2.17. The molecule has 110 valence electrons. The maximum atomic E-state index is 11.0. The van der Waals surface area contributed by atoms with Gasteiger partial charge in [0.05, 0.1) is 4.92 Å². The third-order valence-corrected chi connectivity index (χ3v) is 4.12. The first-order valence-corrected chi connectivity index (χ1v) is 7.45. The summed E-state index contributed by atoms with van der Waals surface area (Å²) in [4.78, 5) is 10.7. The lowest BCUT2D eigenvalue weighted by atomic mass is 10.0. The molecule has 1 unspecified atom stereocenters. The van der Waals surface area contributed by atoms with E-state index in [1.807, 2.05) is 38.1 Å². The highest BCUT2D eigenvalue weighted by Crippen LogP contribution is 2.29. The standard InChI is InChI=1S/C16H17BrN2O2/c1-10-4-7-14(17)15(8-10)18-12(3)13-6-5-11(2)16(9-13)19(20)21/h4-9,12,18H,1-3H3. The van der Waals surface area contributed by atoms with Gasteiger partial charge < -0.3 is 5.32 Å². The van der Waals surface area contributed by atoms with E-state index in [1.54, 1.807) is 19.1 Å². The molecule has 0 heterocycles. The summed E-state index contributed by atoms with van der Waals surface area (Å²) in [5, 5.41) is 14.4. The summed E-state index contributed by atoms with van der Waals surface area (Å²) < 4.78 is 0.974. The van der Waals surface area contributed by atoms with Crippen molar-refractivity contribution in [1.29, 1.82) is 0 Å². The van der Waals surface area contributed by atoms with E-state index in [2.05, 4.69) is 21.2 Å². The summed E-state index contributed by atoms with van der Waals surface area (Å²) >= 11 is 3.51. The first kappa shape index (κ1) is 15.5. The third-order valence-electron chi connectivity index (χ3n) is 3.42. The average molecular weight is 349 g/mol. The van der Waals surface area contributed by atoms with Crippen molar-refractivity contribution in [1.82, 2.24) is 0 Å². The summed E-state index contributed by atoms with van der Waals surface area (Å²) in [7, 11) is 0. The second-order valence-corrected chi connectivity index (χ2v) is 6.01. The Morgan fingerprint density at radius 2 is 1.90 bits per heavy atom. The van der Waals surface area contributed by atoms with Crippen molar-refractivity contribution in [2.45, 2.75) is 26.8 Å². The van der Waals surface area contributed by atoms with Crippen LogP contribution in [-0.4, -0.2) is 4.92 Å². The predicted octanol–water partition coefficient (Wildman–Crippen LogP) is 5.15. The van der Waals surface area contributed by atoms with Crippen molar-refractivity contribution in [2.75, 3.05) is 5.32 Å². The average Bonchev–Trinajstić information content (AvgIpc) is 2.43. The maximum Gasteiger partial charge on any atom is 0.272 e. The predicted molar refractivity (Wildman–Crippen MR) is 88.8 cm³/mol. The number of rotatable bonds is 4. The fraction of sp³-hybridized carbons (Fsp3) is 0.250. The van der Waals surface area contributed by atoms with E-state index in [4.69, 9.17) is 0 Å². The normalized spacial score (nSPS) is 12.0. The molecule has 0 aliphatic carbocycles. The summed E-state index contributed by atoms with van der Waals surface area (Å²) in [5.74, 6) is 0. The van der Waals surface area contributed by atoms with Gasteiger partial charge in [-0.05, 0) is 60.0 Å². The Balaban J connectivity index is 2.28. The number of aryl methyl sites for hydroxylation is 2. The summed E-state index contributed by atoms with van der Waals surface area (Å²) in [6, 6.07) is 11.4. The second kappa shape index (κ2) is 6.26. The van der Waals surface area contributed by atoms with Gasteiger partial charge in [0.15, 0.2) is 0 Å². The number of benzene rings is 2. The Bertz CT molecular complexity index is 686. The molecule has 2 aromatic rings. The van der Waals surface area contributed by atoms with Crippen LogP contribution in [-0.2, 0) is 0 Å². The van der Waals surface area contributed by atoms with Crippen LogP contribution in [0, 0.1) is 24.0 Å². The topological polar surface area (TPSA) is 55.2 Å². The van der Waals surface area contributed by atoms with Gasteiger partial charge in [-0.25, -0.2) is 0 Å². The zero-order valence-electron chi connectivity index (χ0n) is 12.2. The monoisotopic (exact) mass is 348 g/mol. The molecule has 0 saturated carbocycles. The van der Waals surface area contributed by atoms with E-state index in [1.165, 1.54) is 0 Å². The quantitative estimate of drug-likeness (QED) is 0.614. The van der Waals surface area contributed by atoms with Gasteiger partial charge in [-0.3, -0.25) is 10.1 Å². The first-order chi connectivity index (χ1) is 9.88. The fourth-order valence-electron chi connectivity index (χ4n) is 2.16. The van der Waals surface area contributed by atoms with E-state index in [0.717, 1.165) is 21.3 Å². The van der Waals surface area contributed by atoms with Gasteiger partial charge in [-0.1, -0.05) is 18.2 Å². The maximum absolute atomic E-state index is 11.0. The summed E-state index contributed by atoms with van der Waals surface area (Å²) in [6.07, 6.45) is 0. The Morgan fingerprint density at radius 1 is 1.19 bits per heavy atom. The number of halogens is 1. The Morgan fingerprint density at radius 3 is 2.57 bits per heavy atom. The molecule has 0 aliphatic rings. The van der Waals surface area contributed by atoms with Crippen molar-refractivity contribution in [3.63, 3.8) is 0 Å². The van der Waals surface area contributed by atoms with Crippen molar-refractivity contribution < 1.29 is 4.92 Å². The van der Waals surface area contributed by atoms with Gasteiger partial charge in [-0.2, -0.15) is 0 Å². The lowest BCUT2D eigenvalue weighted by molar-refractivity contribution is -0.385. The molecule has 1 N–H and O–H groups in total. The van der Waals surface area contributed by atoms with Crippen LogP contribution in [0.2, 0.25) is 0 Å². The van der Waals surface area contributed by atoms with Crippen molar-refractivity contribution in [3.8, 4) is 0 Å². The number of nitro benzene ring substituents is 1. The SMILES string of the molecule is Cc1ccc(Br)c(NC(C)c2ccc(C)c([N+](=O)[O-])c2)c1. The van der Waals surface area contributed by atoms with Crippen LogP contribution in [0.5, 0.6) is 0 Å². The number of hydrogen-bond acceptors (Lipinski definition) is 3. The van der Waals surface area contributed by atoms with Gasteiger partial charge in [-0.15, -0.1) is 0 Å². The Labute approximate surface area is 132 Å². The minimum atomic E-state index is -0.339. The largest absolute Gasteiger partial charge is 0.378 e. The van der Waals surface area contributed by atoms with Crippen LogP contribution in [0.25, 0.3) is 0 Å². The highest BCUT2D eigenvalue weighted by atomic mass is 79.9. The molecular weight excluding hydrogens is 332 g/mol. The zero-order chi connectivity index (χ0) is 15.6. The molecule has 5 heteroatoms. The molecule has 0 amide bonds. The minimum Gasteiger partial charge on any atom is -0.378 e. The van der Waals surface area contributed by atoms with Gasteiger partial charge in [0.1, 0.15) is 0 Å². The molecular formula is C16H17BrN2O2. The highest BCUT2D eigenvalue weighted by molar-refractivity contribution is 9.10. The highest BCUT2D eigenvalue weighted by Gasteiger charge is 2.15. The number of nitro groups is 1. The van der Waals surface area contributed by atoms with Crippen LogP contribution >= 0.6 is 15.9 Å². The molecule has 4 nitrogen and oxygen atoms in total. The van der Waals surface area contributed by atoms with Crippen LogP contribution in [0.1, 0.15) is 29.7 Å². The molecule has 0 radical (unpaired) electrons. The fourth-order valence-corrected chi connectivity index (χ4v) is 2.52. The van der Waals surface area contributed by atoms with Gasteiger partial charge in [0.2, 0.25) is 0 Å². The van der Waals surface area contributed by atoms with Crippen LogP contribution in [0.4, 0.5) is 11.4 Å². The number of hydrogen-bond donors (Lipinski definition) is 1. The lowest BCUT2D eigenvalue weighted by Crippen LogP contribution is -2.08. The molecule has 0 bridgehead atoms. The summed E-state index contributed by atoms with van der Waals surface area (Å²) in [5.41, 5.74) is 3.85. The van der Waals surface area contributed by atoms with Crippen molar-refractivity contribution in [2.24, 2.45) is 0 Å². The van der Waals surface area contributed by atoms with Crippen LogP contribution in [0.3, 0.4) is 0 Å².